The van der Waals surface area contributed by atoms with Crippen molar-refractivity contribution >= 4 is 11.8 Å². The Bertz CT molecular complexity index is 288. The quantitative estimate of drug-likeness (QED) is 0.569. The minimum Gasteiger partial charge on any atom is -0.369 e. The molecule has 0 aromatic carbocycles. The fraction of sp³-hybridized carbons (Fsp3) is 0.833. The number of carbonyl (C=O) groups excluding carboxylic acids is 2. The first-order chi connectivity index (χ1) is 8.52. The van der Waals surface area contributed by atoms with Gasteiger partial charge in [-0.15, -0.1) is 0 Å². The number of carbonyl (C=O) groups is 2. The molecule has 2 amide bonds. The number of primary amides is 1. The van der Waals surface area contributed by atoms with E-state index in [4.69, 9.17) is 11.5 Å². The van der Waals surface area contributed by atoms with Crippen LogP contribution < -0.4 is 16.8 Å². The van der Waals surface area contributed by atoms with Crippen LogP contribution in [0.1, 0.15) is 26.2 Å². The molecule has 1 aliphatic rings. The third-order valence-electron chi connectivity index (χ3n) is 3.36. The van der Waals surface area contributed by atoms with E-state index >= 15 is 0 Å². The molecule has 0 aliphatic carbocycles. The van der Waals surface area contributed by atoms with E-state index < -0.39 is 0 Å². The topological polar surface area (TPSA) is 101 Å². The fourth-order valence-corrected chi connectivity index (χ4v) is 2.18. The lowest BCUT2D eigenvalue weighted by Crippen LogP contribution is -2.47. The Morgan fingerprint density at radius 1 is 1.39 bits per heavy atom. The van der Waals surface area contributed by atoms with Gasteiger partial charge in [0.2, 0.25) is 11.8 Å². The molecule has 18 heavy (non-hydrogen) atoms. The summed E-state index contributed by atoms with van der Waals surface area (Å²) in [4.78, 5) is 24.6. The second kappa shape index (κ2) is 7.33. The van der Waals surface area contributed by atoms with Crippen molar-refractivity contribution in [1.29, 1.82) is 0 Å². The van der Waals surface area contributed by atoms with Crippen molar-refractivity contribution in [2.75, 3.05) is 26.2 Å². The summed E-state index contributed by atoms with van der Waals surface area (Å²) in [6, 6.07) is 0.210. The molecule has 6 nitrogen and oxygen atoms in total. The first-order valence-electron chi connectivity index (χ1n) is 6.54. The maximum atomic E-state index is 11.8. The highest BCUT2D eigenvalue weighted by molar-refractivity contribution is 5.78. The van der Waals surface area contributed by atoms with Crippen molar-refractivity contribution in [2.24, 2.45) is 17.4 Å². The van der Waals surface area contributed by atoms with E-state index in [-0.39, 0.29) is 23.8 Å². The van der Waals surface area contributed by atoms with Crippen molar-refractivity contribution in [3.63, 3.8) is 0 Å². The van der Waals surface area contributed by atoms with Crippen LogP contribution >= 0.6 is 0 Å². The Morgan fingerprint density at radius 2 is 2.00 bits per heavy atom. The normalized spacial score (nSPS) is 19.4. The molecule has 5 N–H and O–H groups in total. The van der Waals surface area contributed by atoms with E-state index in [2.05, 4.69) is 5.32 Å². The van der Waals surface area contributed by atoms with Gasteiger partial charge in [-0.1, -0.05) is 6.92 Å². The maximum absolute atomic E-state index is 11.8. The summed E-state index contributed by atoms with van der Waals surface area (Å²) < 4.78 is 0. The molecule has 0 aromatic rings. The SMILES string of the molecule is CC(CCN)C(=O)NC1CCN(CC(N)=O)CC1. The van der Waals surface area contributed by atoms with Gasteiger partial charge in [-0.05, 0) is 25.8 Å². The molecular formula is C12H24N4O2. The van der Waals surface area contributed by atoms with Crippen LogP contribution in [0.3, 0.4) is 0 Å². The summed E-state index contributed by atoms with van der Waals surface area (Å²) in [5.41, 5.74) is 10.6. The van der Waals surface area contributed by atoms with Crippen LogP contribution in [0.4, 0.5) is 0 Å². The second-order valence-corrected chi connectivity index (χ2v) is 5.00. The van der Waals surface area contributed by atoms with Crippen molar-refractivity contribution in [3.8, 4) is 0 Å². The largest absolute Gasteiger partial charge is 0.369 e. The zero-order valence-electron chi connectivity index (χ0n) is 11.0. The molecule has 1 heterocycles. The van der Waals surface area contributed by atoms with Crippen molar-refractivity contribution < 1.29 is 9.59 Å². The zero-order chi connectivity index (χ0) is 13.5. The number of nitrogens with two attached hydrogens (primary N) is 2. The minimum atomic E-state index is -0.297. The Morgan fingerprint density at radius 3 is 2.50 bits per heavy atom. The smallest absolute Gasteiger partial charge is 0.231 e. The average Bonchev–Trinajstić information content (AvgIpc) is 2.31. The highest BCUT2D eigenvalue weighted by Gasteiger charge is 2.22. The number of hydrogen-bond donors (Lipinski definition) is 3. The molecule has 1 fully saturated rings. The Hall–Kier alpha value is -1.14. The van der Waals surface area contributed by atoms with Gasteiger partial charge in [0.25, 0.3) is 0 Å². The molecule has 1 aliphatic heterocycles. The zero-order valence-corrected chi connectivity index (χ0v) is 11.0. The maximum Gasteiger partial charge on any atom is 0.231 e. The number of likely N-dealkylation sites (tertiary alicyclic amines) is 1. The first-order valence-corrected chi connectivity index (χ1v) is 6.54. The van der Waals surface area contributed by atoms with E-state index in [1.54, 1.807) is 0 Å². The summed E-state index contributed by atoms with van der Waals surface area (Å²) in [6.45, 7) is 4.35. The number of piperidine rings is 1. The van der Waals surface area contributed by atoms with Gasteiger partial charge in [-0.2, -0.15) is 0 Å². The Kier molecular flexibility index (Phi) is 6.07. The van der Waals surface area contributed by atoms with Crippen LogP contribution in [-0.4, -0.2) is 48.9 Å². The third kappa shape index (κ3) is 5.01. The summed E-state index contributed by atoms with van der Waals surface area (Å²) in [5, 5.41) is 3.04. The van der Waals surface area contributed by atoms with Crippen LogP contribution in [0.15, 0.2) is 0 Å². The molecule has 1 saturated heterocycles. The Labute approximate surface area is 108 Å². The van der Waals surface area contributed by atoms with Gasteiger partial charge in [0.15, 0.2) is 0 Å². The summed E-state index contributed by atoms with van der Waals surface area (Å²) in [7, 11) is 0. The van der Waals surface area contributed by atoms with Crippen LogP contribution in [0, 0.1) is 5.92 Å². The number of hydrogen-bond acceptors (Lipinski definition) is 4. The molecular weight excluding hydrogens is 232 g/mol. The number of nitrogens with zero attached hydrogens (tertiary/aromatic N) is 1. The molecule has 1 rings (SSSR count). The molecule has 1 atom stereocenters. The molecule has 0 radical (unpaired) electrons. The van der Waals surface area contributed by atoms with Crippen LogP contribution in [0.5, 0.6) is 0 Å². The van der Waals surface area contributed by atoms with E-state index in [0.717, 1.165) is 25.9 Å². The molecule has 104 valence electrons. The van der Waals surface area contributed by atoms with E-state index in [1.165, 1.54) is 0 Å². The van der Waals surface area contributed by atoms with Gasteiger partial charge >= 0.3 is 0 Å². The molecule has 1 unspecified atom stereocenters. The summed E-state index contributed by atoms with van der Waals surface area (Å²) in [6.07, 6.45) is 2.45. The monoisotopic (exact) mass is 256 g/mol. The number of nitrogens with one attached hydrogen (secondary N) is 1. The first kappa shape index (κ1) is 14.9. The third-order valence-corrected chi connectivity index (χ3v) is 3.36. The lowest BCUT2D eigenvalue weighted by atomic mass is 10.0. The minimum absolute atomic E-state index is 0.0290. The van der Waals surface area contributed by atoms with E-state index in [0.29, 0.717) is 19.5 Å². The highest BCUT2D eigenvalue weighted by Crippen LogP contribution is 2.11. The van der Waals surface area contributed by atoms with Gasteiger partial charge < -0.3 is 16.8 Å². The molecule has 0 spiro atoms. The standard InChI is InChI=1S/C12H24N4O2/c1-9(2-5-13)12(18)15-10-3-6-16(7-4-10)8-11(14)17/h9-10H,2-8,13H2,1H3,(H2,14,17)(H,15,18). The van der Waals surface area contributed by atoms with Crippen LogP contribution in [0.2, 0.25) is 0 Å². The predicted molar refractivity (Wildman–Crippen MR) is 69.6 cm³/mol. The predicted octanol–water partition coefficient (Wildman–Crippen LogP) is -0.963. The number of amides is 2. The van der Waals surface area contributed by atoms with Crippen LogP contribution in [0.25, 0.3) is 0 Å². The lowest BCUT2D eigenvalue weighted by molar-refractivity contribution is -0.126. The highest BCUT2D eigenvalue weighted by atomic mass is 16.2. The van der Waals surface area contributed by atoms with Gasteiger partial charge in [-0.3, -0.25) is 14.5 Å². The lowest BCUT2D eigenvalue weighted by Gasteiger charge is -2.32. The van der Waals surface area contributed by atoms with Gasteiger partial charge in [0.05, 0.1) is 6.54 Å². The summed E-state index contributed by atoms with van der Waals surface area (Å²) >= 11 is 0. The number of rotatable bonds is 6. The average molecular weight is 256 g/mol. The molecule has 0 bridgehead atoms. The molecule has 0 saturated carbocycles. The second-order valence-electron chi connectivity index (χ2n) is 5.00. The van der Waals surface area contributed by atoms with Crippen molar-refractivity contribution in [1.82, 2.24) is 10.2 Å². The Balaban J connectivity index is 2.26. The van der Waals surface area contributed by atoms with E-state index in [9.17, 15) is 9.59 Å². The fourth-order valence-electron chi connectivity index (χ4n) is 2.18. The van der Waals surface area contributed by atoms with Crippen LogP contribution in [-0.2, 0) is 9.59 Å². The van der Waals surface area contributed by atoms with Gasteiger partial charge in [0.1, 0.15) is 0 Å². The van der Waals surface area contributed by atoms with Crippen molar-refractivity contribution in [2.45, 2.75) is 32.2 Å². The van der Waals surface area contributed by atoms with Crippen molar-refractivity contribution in [3.05, 3.63) is 0 Å². The van der Waals surface area contributed by atoms with Gasteiger partial charge in [0, 0.05) is 25.0 Å². The van der Waals surface area contributed by atoms with E-state index in [1.807, 2.05) is 11.8 Å². The molecule has 6 heteroatoms. The van der Waals surface area contributed by atoms with Gasteiger partial charge in [-0.25, -0.2) is 0 Å². The molecule has 0 aromatic heterocycles. The summed E-state index contributed by atoms with van der Waals surface area (Å²) in [5.74, 6) is -0.249.